The number of alkyl halides is 3. The van der Waals surface area contributed by atoms with Gasteiger partial charge in [0.2, 0.25) is 5.84 Å². The van der Waals surface area contributed by atoms with Gasteiger partial charge in [0.1, 0.15) is 5.84 Å². The lowest BCUT2D eigenvalue weighted by molar-refractivity contribution is -0.0596. The van der Waals surface area contributed by atoms with E-state index in [1.807, 2.05) is 6.92 Å². The standard InChI is InChI=1S/C16H14F3N3/c1-11-7-9-13(10-8-11)21-15(16(17,18)19)22-14(20)12-5-3-2-4-6-12/h2-10H,1H3,(H2,20,21,22). The van der Waals surface area contributed by atoms with E-state index in [1.54, 1.807) is 42.5 Å². The fraction of sp³-hybridized carbons (Fsp3) is 0.125. The van der Waals surface area contributed by atoms with E-state index in [0.717, 1.165) is 5.56 Å². The van der Waals surface area contributed by atoms with Crippen molar-refractivity contribution in [3.05, 3.63) is 65.7 Å². The van der Waals surface area contributed by atoms with E-state index < -0.39 is 12.0 Å². The summed E-state index contributed by atoms with van der Waals surface area (Å²) in [5.41, 5.74) is 7.14. The molecule has 6 heteroatoms. The van der Waals surface area contributed by atoms with Crippen LogP contribution in [0, 0.1) is 6.92 Å². The molecule has 2 N–H and O–H groups in total. The van der Waals surface area contributed by atoms with Crippen LogP contribution in [0.4, 0.5) is 18.9 Å². The largest absolute Gasteiger partial charge is 0.451 e. The summed E-state index contributed by atoms with van der Waals surface area (Å²) >= 11 is 0. The molecular weight excluding hydrogens is 291 g/mol. The number of nitrogens with zero attached hydrogens (tertiary/aromatic N) is 2. The Hall–Kier alpha value is -2.63. The average Bonchev–Trinajstić information content (AvgIpc) is 2.48. The molecule has 22 heavy (non-hydrogen) atoms. The lowest BCUT2D eigenvalue weighted by atomic mass is 10.2. The molecule has 0 aromatic heterocycles. The van der Waals surface area contributed by atoms with Gasteiger partial charge < -0.3 is 5.73 Å². The van der Waals surface area contributed by atoms with Gasteiger partial charge in [-0.2, -0.15) is 13.2 Å². The van der Waals surface area contributed by atoms with Crippen LogP contribution in [0.15, 0.2) is 64.6 Å². The Bertz CT molecular complexity index is 687. The number of rotatable bonds is 2. The SMILES string of the molecule is Cc1ccc(N=C(N=C(N)c2ccccc2)C(F)(F)F)cc1. The van der Waals surface area contributed by atoms with Gasteiger partial charge in [-0.3, -0.25) is 0 Å². The molecule has 0 aliphatic rings. The summed E-state index contributed by atoms with van der Waals surface area (Å²) in [4.78, 5) is 7.02. The van der Waals surface area contributed by atoms with Gasteiger partial charge in [0.15, 0.2) is 0 Å². The van der Waals surface area contributed by atoms with E-state index in [2.05, 4.69) is 9.98 Å². The molecule has 0 aliphatic carbocycles. The average molecular weight is 305 g/mol. The maximum atomic E-state index is 13.1. The Morgan fingerprint density at radius 1 is 0.955 bits per heavy atom. The zero-order valence-electron chi connectivity index (χ0n) is 11.8. The van der Waals surface area contributed by atoms with Gasteiger partial charge in [-0.05, 0) is 19.1 Å². The Morgan fingerprint density at radius 3 is 2.09 bits per heavy atom. The molecule has 0 atom stereocenters. The zero-order valence-corrected chi connectivity index (χ0v) is 11.8. The van der Waals surface area contributed by atoms with Gasteiger partial charge >= 0.3 is 6.18 Å². The molecule has 0 spiro atoms. The van der Waals surface area contributed by atoms with Gasteiger partial charge in [-0.1, -0.05) is 48.0 Å². The number of benzene rings is 2. The van der Waals surface area contributed by atoms with Gasteiger partial charge in [-0.15, -0.1) is 0 Å². The number of hydrogen-bond donors (Lipinski definition) is 1. The lowest BCUT2D eigenvalue weighted by Crippen LogP contribution is -2.25. The smallest absolute Gasteiger partial charge is 0.383 e. The quantitative estimate of drug-likeness (QED) is 0.662. The van der Waals surface area contributed by atoms with Crippen LogP contribution < -0.4 is 5.73 Å². The maximum Gasteiger partial charge on any atom is 0.451 e. The second-order valence-corrected chi connectivity index (χ2v) is 4.63. The van der Waals surface area contributed by atoms with Gasteiger partial charge in [0, 0.05) is 5.56 Å². The number of nitrogens with two attached hydrogens (primary N) is 1. The number of hydrogen-bond acceptors (Lipinski definition) is 1. The highest BCUT2D eigenvalue weighted by molar-refractivity contribution is 6.07. The topological polar surface area (TPSA) is 50.7 Å². The monoisotopic (exact) mass is 305 g/mol. The van der Waals surface area contributed by atoms with Gasteiger partial charge in [0.25, 0.3) is 0 Å². The number of aliphatic imine (C=N–C) groups is 2. The molecule has 0 saturated carbocycles. The summed E-state index contributed by atoms with van der Waals surface area (Å²) in [6, 6.07) is 14.6. The summed E-state index contributed by atoms with van der Waals surface area (Å²) in [6.07, 6.45) is -4.69. The number of halogens is 3. The van der Waals surface area contributed by atoms with Crippen molar-refractivity contribution in [1.29, 1.82) is 0 Å². The maximum absolute atomic E-state index is 13.1. The molecule has 2 aromatic rings. The van der Waals surface area contributed by atoms with Crippen molar-refractivity contribution >= 4 is 17.4 Å². The molecule has 3 nitrogen and oxygen atoms in total. The second kappa shape index (κ2) is 6.43. The molecule has 2 rings (SSSR count). The molecule has 0 saturated heterocycles. The summed E-state index contributed by atoms with van der Waals surface area (Å²) in [7, 11) is 0. The number of aryl methyl sites for hydroxylation is 1. The Kier molecular flexibility index (Phi) is 4.60. The van der Waals surface area contributed by atoms with E-state index in [9.17, 15) is 13.2 Å². The Balaban J connectivity index is 2.41. The summed E-state index contributed by atoms with van der Waals surface area (Å²) in [5.74, 6) is -1.51. The lowest BCUT2D eigenvalue weighted by Gasteiger charge is -2.08. The molecule has 0 radical (unpaired) electrons. The van der Waals surface area contributed by atoms with Gasteiger partial charge in [-0.25, -0.2) is 9.98 Å². The van der Waals surface area contributed by atoms with Crippen LogP contribution in [-0.2, 0) is 0 Å². The minimum atomic E-state index is -4.69. The molecule has 114 valence electrons. The summed E-state index contributed by atoms with van der Waals surface area (Å²) < 4.78 is 39.2. The summed E-state index contributed by atoms with van der Waals surface area (Å²) in [5, 5.41) is 0. The van der Waals surface area contributed by atoms with Crippen molar-refractivity contribution < 1.29 is 13.2 Å². The highest BCUT2D eigenvalue weighted by Gasteiger charge is 2.36. The Morgan fingerprint density at radius 2 is 1.55 bits per heavy atom. The molecule has 0 amide bonds. The predicted octanol–water partition coefficient (Wildman–Crippen LogP) is 3.99. The van der Waals surface area contributed by atoms with Crippen molar-refractivity contribution in [1.82, 2.24) is 0 Å². The van der Waals surface area contributed by atoms with Crippen LogP contribution in [0.3, 0.4) is 0 Å². The van der Waals surface area contributed by atoms with E-state index in [-0.39, 0.29) is 11.5 Å². The minimum Gasteiger partial charge on any atom is -0.383 e. The number of amidine groups is 2. The fourth-order valence-corrected chi connectivity index (χ4v) is 1.68. The zero-order chi connectivity index (χ0) is 16.2. The first kappa shape index (κ1) is 15.8. The first-order chi connectivity index (χ1) is 10.4. The normalized spacial score (nSPS) is 13.3. The van der Waals surface area contributed by atoms with Crippen molar-refractivity contribution in [3.8, 4) is 0 Å². The van der Waals surface area contributed by atoms with Crippen LogP contribution in [0.25, 0.3) is 0 Å². The molecule has 0 bridgehead atoms. The third-order valence-electron chi connectivity index (χ3n) is 2.82. The molecule has 0 heterocycles. The van der Waals surface area contributed by atoms with Crippen LogP contribution in [-0.4, -0.2) is 17.8 Å². The third kappa shape index (κ3) is 4.18. The van der Waals surface area contributed by atoms with Crippen molar-refractivity contribution in [2.75, 3.05) is 0 Å². The second-order valence-electron chi connectivity index (χ2n) is 4.63. The van der Waals surface area contributed by atoms with Crippen molar-refractivity contribution in [3.63, 3.8) is 0 Å². The molecule has 0 aliphatic heterocycles. The van der Waals surface area contributed by atoms with E-state index in [4.69, 9.17) is 5.73 Å². The van der Waals surface area contributed by atoms with E-state index in [0.29, 0.717) is 5.56 Å². The first-order valence-corrected chi connectivity index (χ1v) is 6.48. The third-order valence-corrected chi connectivity index (χ3v) is 2.82. The van der Waals surface area contributed by atoms with E-state index in [1.165, 1.54) is 12.1 Å². The van der Waals surface area contributed by atoms with Crippen LogP contribution in [0.5, 0.6) is 0 Å². The van der Waals surface area contributed by atoms with Crippen LogP contribution in [0.2, 0.25) is 0 Å². The molecule has 2 aromatic carbocycles. The van der Waals surface area contributed by atoms with Gasteiger partial charge in [0.05, 0.1) is 5.69 Å². The van der Waals surface area contributed by atoms with Crippen molar-refractivity contribution in [2.45, 2.75) is 13.1 Å². The highest BCUT2D eigenvalue weighted by Crippen LogP contribution is 2.23. The molecular formula is C16H14F3N3. The minimum absolute atomic E-state index is 0.169. The summed E-state index contributed by atoms with van der Waals surface area (Å²) in [6.45, 7) is 1.84. The van der Waals surface area contributed by atoms with E-state index >= 15 is 0 Å². The fourth-order valence-electron chi connectivity index (χ4n) is 1.68. The van der Waals surface area contributed by atoms with Crippen LogP contribution >= 0.6 is 0 Å². The highest BCUT2D eigenvalue weighted by atomic mass is 19.4. The van der Waals surface area contributed by atoms with Crippen molar-refractivity contribution in [2.24, 2.45) is 15.7 Å². The molecule has 0 fully saturated rings. The first-order valence-electron chi connectivity index (χ1n) is 6.48. The molecule has 0 unspecified atom stereocenters. The van der Waals surface area contributed by atoms with Crippen LogP contribution in [0.1, 0.15) is 11.1 Å². The Labute approximate surface area is 126 Å². The predicted molar refractivity (Wildman–Crippen MR) is 81.5 cm³/mol.